The molecular formula is C48H36N2. The van der Waals surface area contributed by atoms with Crippen LogP contribution < -0.4 is 4.90 Å². The minimum atomic E-state index is 0.292. The summed E-state index contributed by atoms with van der Waals surface area (Å²) in [6.45, 7) is 0. The number of anilines is 1. The van der Waals surface area contributed by atoms with Gasteiger partial charge in [0.1, 0.15) is 0 Å². The molecule has 0 saturated carbocycles. The number of rotatable bonds is 3. The van der Waals surface area contributed by atoms with E-state index in [4.69, 9.17) is 0 Å². The molecule has 2 nitrogen and oxygen atoms in total. The summed E-state index contributed by atoms with van der Waals surface area (Å²) in [6.07, 6.45) is 23.5. The SMILES string of the molecule is C1=CC(N2c3ccccc3C3C=C(c4ccc5c(c4)c4ccccc4n5-c4ccc5c6c(c7ccccc7c5c4)CCC=C6)C=CC32)=CCC1. The second kappa shape index (κ2) is 10.8. The van der Waals surface area contributed by atoms with E-state index in [1.807, 2.05) is 0 Å². The number of hydrogen-bond acceptors (Lipinski definition) is 1. The Kier molecular flexibility index (Phi) is 6.07. The normalized spacial score (nSPS) is 19.2. The zero-order valence-electron chi connectivity index (χ0n) is 27.9. The Morgan fingerprint density at radius 3 is 2.32 bits per heavy atom. The van der Waals surface area contributed by atoms with Gasteiger partial charge in [-0.3, -0.25) is 0 Å². The molecule has 7 aromatic rings. The van der Waals surface area contributed by atoms with E-state index in [1.165, 1.54) is 88.2 Å². The third-order valence-corrected chi connectivity index (χ3v) is 11.6. The molecule has 0 bridgehead atoms. The second-order valence-corrected chi connectivity index (χ2v) is 14.2. The van der Waals surface area contributed by atoms with Crippen molar-refractivity contribution in [3.63, 3.8) is 0 Å². The van der Waals surface area contributed by atoms with Crippen molar-refractivity contribution in [3.05, 3.63) is 180 Å². The topological polar surface area (TPSA) is 8.17 Å². The molecule has 238 valence electrons. The molecule has 0 amide bonds. The number of para-hydroxylation sites is 2. The molecule has 2 unspecified atom stereocenters. The highest BCUT2D eigenvalue weighted by molar-refractivity contribution is 6.15. The summed E-state index contributed by atoms with van der Waals surface area (Å²) in [5, 5.41) is 7.98. The standard InChI is InChI=1S/C48H36N2/c1-2-12-33(13-3-1)49-45-20-10-8-18-40(45)43-28-31(22-26-47(43)49)32-23-27-48-44(29-32)41-19-9-11-21-46(41)50(48)34-24-25-39-37-16-5-4-14-35(37)36-15-6-7-17-38(36)42(39)30-34/h2,5-13,15-30,43,47H,1,3-4,14H2. The highest BCUT2D eigenvalue weighted by Crippen LogP contribution is 2.48. The molecule has 0 spiro atoms. The Labute approximate surface area is 292 Å². The maximum absolute atomic E-state index is 2.55. The molecule has 4 aliphatic rings. The predicted octanol–water partition coefficient (Wildman–Crippen LogP) is 12.2. The monoisotopic (exact) mass is 640 g/mol. The van der Waals surface area contributed by atoms with Crippen molar-refractivity contribution < 1.29 is 0 Å². The van der Waals surface area contributed by atoms with E-state index in [0.717, 1.165) is 25.7 Å². The van der Waals surface area contributed by atoms with Crippen LogP contribution in [0.5, 0.6) is 0 Å². The van der Waals surface area contributed by atoms with Gasteiger partial charge in [-0.2, -0.15) is 0 Å². The first-order valence-corrected chi connectivity index (χ1v) is 18.1. The summed E-state index contributed by atoms with van der Waals surface area (Å²) in [5.74, 6) is 0.312. The van der Waals surface area contributed by atoms with Crippen LogP contribution in [0.25, 0.3) is 60.7 Å². The quantitative estimate of drug-likeness (QED) is 0.175. The van der Waals surface area contributed by atoms with Gasteiger partial charge in [0, 0.05) is 33.8 Å². The first-order chi connectivity index (χ1) is 24.8. The third-order valence-electron chi connectivity index (χ3n) is 11.6. The van der Waals surface area contributed by atoms with Crippen LogP contribution in [0, 0.1) is 0 Å². The molecule has 0 N–H and O–H groups in total. The smallest absolute Gasteiger partial charge is 0.0629 e. The molecule has 1 aromatic heterocycles. The van der Waals surface area contributed by atoms with E-state index in [1.54, 1.807) is 0 Å². The summed E-state index contributed by atoms with van der Waals surface area (Å²) in [5.41, 5.74) is 13.2. The van der Waals surface area contributed by atoms with Gasteiger partial charge in [0.2, 0.25) is 0 Å². The van der Waals surface area contributed by atoms with E-state index in [0.29, 0.717) is 12.0 Å². The van der Waals surface area contributed by atoms with Crippen molar-refractivity contribution in [3.8, 4) is 5.69 Å². The summed E-state index contributed by atoms with van der Waals surface area (Å²) in [6, 6.07) is 41.4. The van der Waals surface area contributed by atoms with Gasteiger partial charge in [-0.05, 0) is 118 Å². The molecular weight excluding hydrogens is 605 g/mol. The highest BCUT2D eigenvalue weighted by atomic mass is 15.2. The largest absolute Gasteiger partial charge is 0.334 e. The van der Waals surface area contributed by atoms with E-state index in [2.05, 4.69) is 167 Å². The van der Waals surface area contributed by atoms with Gasteiger partial charge in [-0.25, -0.2) is 0 Å². The molecule has 2 heteroatoms. The lowest BCUT2D eigenvalue weighted by Gasteiger charge is -2.31. The van der Waals surface area contributed by atoms with Crippen LogP contribution in [0.15, 0.2) is 157 Å². The van der Waals surface area contributed by atoms with Crippen molar-refractivity contribution in [2.75, 3.05) is 4.90 Å². The molecule has 0 saturated heterocycles. The minimum Gasteiger partial charge on any atom is -0.334 e. The lowest BCUT2D eigenvalue weighted by Crippen LogP contribution is -2.32. The van der Waals surface area contributed by atoms with Gasteiger partial charge in [-0.1, -0.05) is 115 Å². The van der Waals surface area contributed by atoms with E-state index >= 15 is 0 Å². The Morgan fingerprint density at radius 1 is 0.580 bits per heavy atom. The van der Waals surface area contributed by atoms with Crippen LogP contribution in [0.4, 0.5) is 5.69 Å². The second-order valence-electron chi connectivity index (χ2n) is 14.2. The number of hydrogen-bond donors (Lipinski definition) is 0. The van der Waals surface area contributed by atoms with Crippen molar-refractivity contribution in [2.45, 2.75) is 37.6 Å². The van der Waals surface area contributed by atoms with Crippen molar-refractivity contribution in [2.24, 2.45) is 0 Å². The molecule has 2 atom stereocenters. The first kappa shape index (κ1) is 28.0. The van der Waals surface area contributed by atoms with Crippen LogP contribution in [0.2, 0.25) is 0 Å². The fourth-order valence-corrected chi connectivity index (χ4v) is 9.36. The Balaban J connectivity index is 1.05. The van der Waals surface area contributed by atoms with Gasteiger partial charge in [0.05, 0.1) is 17.1 Å². The van der Waals surface area contributed by atoms with Crippen LogP contribution in [0.1, 0.15) is 47.4 Å². The lowest BCUT2D eigenvalue weighted by atomic mass is 9.86. The molecule has 0 radical (unpaired) electrons. The van der Waals surface area contributed by atoms with E-state index < -0.39 is 0 Å². The average Bonchev–Trinajstić information content (AvgIpc) is 3.70. The van der Waals surface area contributed by atoms with Crippen LogP contribution in [-0.2, 0) is 6.42 Å². The van der Waals surface area contributed by atoms with Crippen LogP contribution in [0.3, 0.4) is 0 Å². The average molecular weight is 641 g/mol. The van der Waals surface area contributed by atoms with Gasteiger partial charge in [0.15, 0.2) is 0 Å². The molecule has 0 fully saturated rings. The lowest BCUT2D eigenvalue weighted by molar-refractivity contribution is 0.727. The first-order valence-electron chi connectivity index (χ1n) is 18.1. The predicted molar refractivity (Wildman–Crippen MR) is 212 cm³/mol. The van der Waals surface area contributed by atoms with Gasteiger partial charge in [0.25, 0.3) is 0 Å². The Hall–Kier alpha value is -5.86. The number of benzene rings is 6. The zero-order valence-corrected chi connectivity index (χ0v) is 27.9. The zero-order chi connectivity index (χ0) is 32.8. The fraction of sp³-hybridized carbons (Fsp3) is 0.125. The fourth-order valence-electron chi connectivity index (χ4n) is 9.36. The summed E-state index contributed by atoms with van der Waals surface area (Å²) >= 11 is 0. The van der Waals surface area contributed by atoms with Crippen molar-refractivity contribution >= 4 is 60.7 Å². The third kappa shape index (κ3) is 4.02. The van der Waals surface area contributed by atoms with Crippen LogP contribution in [-0.4, -0.2) is 10.6 Å². The maximum atomic E-state index is 2.55. The summed E-state index contributed by atoms with van der Waals surface area (Å²) < 4.78 is 2.47. The van der Waals surface area contributed by atoms with Crippen molar-refractivity contribution in [1.82, 2.24) is 4.57 Å². The van der Waals surface area contributed by atoms with E-state index in [-0.39, 0.29) is 0 Å². The van der Waals surface area contributed by atoms with Gasteiger partial charge >= 0.3 is 0 Å². The molecule has 2 heterocycles. The van der Waals surface area contributed by atoms with Crippen molar-refractivity contribution in [1.29, 1.82) is 0 Å². The number of aryl methyl sites for hydroxylation is 1. The molecule has 3 aliphatic carbocycles. The molecule has 11 rings (SSSR count). The van der Waals surface area contributed by atoms with E-state index in [9.17, 15) is 0 Å². The Bertz CT molecular complexity index is 2730. The summed E-state index contributed by atoms with van der Waals surface area (Å²) in [4.78, 5) is 2.55. The minimum absolute atomic E-state index is 0.292. The number of aromatic nitrogens is 1. The maximum Gasteiger partial charge on any atom is 0.0629 e. The number of nitrogens with zero attached hydrogens (tertiary/aromatic N) is 2. The number of fused-ring (bicyclic) bond motifs is 12. The summed E-state index contributed by atoms with van der Waals surface area (Å²) in [7, 11) is 0. The highest BCUT2D eigenvalue weighted by Gasteiger charge is 2.38. The molecule has 50 heavy (non-hydrogen) atoms. The molecule has 6 aromatic carbocycles. The van der Waals surface area contributed by atoms with Gasteiger partial charge < -0.3 is 9.47 Å². The van der Waals surface area contributed by atoms with Crippen LogP contribution >= 0.6 is 0 Å². The number of allylic oxidation sites excluding steroid dienone is 6. The van der Waals surface area contributed by atoms with Gasteiger partial charge in [-0.15, -0.1) is 0 Å². The molecule has 1 aliphatic heterocycles. The Morgan fingerprint density at radius 2 is 1.40 bits per heavy atom.